The maximum atomic E-state index is 12.6. The molecule has 0 rings (SSSR count). The average Bonchev–Trinajstić information content (AvgIpc) is 2.28. The summed E-state index contributed by atoms with van der Waals surface area (Å²) in [6.07, 6.45) is -0.538. The van der Waals surface area contributed by atoms with Crippen molar-refractivity contribution in [1.82, 2.24) is 5.32 Å². The van der Waals surface area contributed by atoms with Crippen LogP contribution in [0.2, 0.25) is 0 Å². The quantitative estimate of drug-likeness (QED) is 0.665. The summed E-state index contributed by atoms with van der Waals surface area (Å²) in [7, 11) is 0. The molecule has 0 aliphatic carbocycles. The zero-order valence-corrected chi connectivity index (χ0v) is 10.1. The first-order valence-corrected chi connectivity index (χ1v) is 5.80. The lowest BCUT2D eigenvalue weighted by Crippen LogP contribution is -2.46. The fraction of sp³-hybridized carbons (Fsp3) is 0.909. The number of halogens is 4. The van der Waals surface area contributed by atoms with E-state index in [9.17, 15) is 22.4 Å². The summed E-state index contributed by atoms with van der Waals surface area (Å²) < 4.78 is 48.9. The highest BCUT2D eigenvalue weighted by atomic mass is 19.3. The van der Waals surface area contributed by atoms with Gasteiger partial charge in [0.2, 0.25) is 0 Å². The number of carbonyl (C=O) groups is 1. The van der Waals surface area contributed by atoms with E-state index in [0.29, 0.717) is 0 Å². The summed E-state index contributed by atoms with van der Waals surface area (Å²) in [6.45, 7) is 3.89. The normalized spacial score (nSPS) is 13.8. The number of hydrogen-bond acceptors (Lipinski definition) is 1. The minimum atomic E-state index is -4.59. The molecule has 0 bridgehead atoms. The van der Waals surface area contributed by atoms with Gasteiger partial charge in [0, 0.05) is 6.54 Å². The molecule has 0 fully saturated rings. The van der Waals surface area contributed by atoms with Crippen LogP contribution in [0.25, 0.3) is 0 Å². The van der Waals surface area contributed by atoms with E-state index in [2.05, 4.69) is 0 Å². The third-order valence-corrected chi connectivity index (χ3v) is 2.67. The van der Waals surface area contributed by atoms with E-state index in [1.807, 2.05) is 19.2 Å². The second-order valence-electron chi connectivity index (χ2n) is 4.05. The Bertz CT molecular complexity index is 234. The predicted molar refractivity (Wildman–Crippen MR) is 57.3 cm³/mol. The lowest BCUT2D eigenvalue weighted by atomic mass is 9.99. The number of unbranched alkanes of at least 4 members (excludes halogenated alkanes) is 1. The highest BCUT2D eigenvalue weighted by Crippen LogP contribution is 2.23. The van der Waals surface area contributed by atoms with Crippen molar-refractivity contribution in [2.24, 2.45) is 5.92 Å². The van der Waals surface area contributed by atoms with Crippen molar-refractivity contribution >= 4 is 5.91 Å². The van der Waals surface area contributed by atoms with E-state index in [1.54, 1.807) is 0 Å². The van der Waals surface area contributed by atoms with Gasteiger partial charge in [0.05, 0.1) is 0 Å². The topological polar surface area (TPSA) is 29.1 Å². The van der Waals surface area contributed by atoms with E-state index < -0.39 is 18.3 Å². The van der Waals surface area contributed by atoms with Crippen molar-refractivity contribution in [3.63, 3.8) is 0 Å². The van der Waals surface area contributed by atoms with E-state index in [-0.39, 0.29) is 12.5 Å². The molecule has 1 N–H and O–H groups in total. The molecule has 1 unspecified atom stereocenters. The number of carbonyl (C=O) groups excluding carboxylic acids is 1. The van der Waals surface area contributed by atoms with Gasteiger partial charge < -0.3 is 5.32 Å². The second kappa shape index (κ2) is 7.50. The summed E-state index contributed by atoms with van der Waals surface area (Å²) in [5.74, 6) is -6.42. The minimum absolute atomic E-state index is 0.0254. The maximum Gasteiger partial charge on any atom is 0.383 e. The molecular weight excluding hydrogens is 238 g/mol. The molecular formula is C11H19F4NO. The van der Waals surface area contributed by atoms with Crippen molar-refractivity contribution in [3.8, 4) is 0 Å². The van der Waals surface area contributed by atoms with E-state index >= 15 is 0 Å². The van der Waals surface area contributed by atoms with Crippen LogP contribution < -0.4 is 5.32 Å². The van der Waals surface area contributed by atoms with Crippen molar-refractivity contribution in [3.05, 3.63) is 0 Å². The fourth-order valence-electron chi connectivity index (χ4n) is 1.40. The molecule has 17 heavy (non-hydrogen) atoms. The monoisotopic (exact) mass is 257 g/mol. The van der Waals surface area contributed by atoms with Crippen LogP contribution in [-0.2, 0) is 4.79 Å². The minimum Gasteiger partial charge on any atom is -0.350 e. The van der Waals surface area contributed by atoms with Crippen molar-refractivity contribution < 1.29 is 22.4 Å². The number of alkyl halides is 4. The molecule has 6 heteroatoms. The second-order valence-corrected chi connectivity index (χ2v) is 4.05. The Balaban J connectivity index is 4.13. The number of hydrogen-bond donors (Lipinski definition) is 1. The van der Waals surface area contributed by atoms with Crippen LogP contribution in [0.4, 0.5) is 17.6 Å². The van der Waals surface area contributed by atoms with Gasteiger partial charge in [-0.15, -0.1) is 0 Å². The zero-order valence-electron chi connectivity index (χ0n) is 10.1. The molecule has 1 atom stereocenters. The van der Waals surface area contributed by atoms with E-state index in [4.69, 9.17) is 0 Å². The van der Waals surface area contributed by atoms with Crippen molar-refractivity contribution in [1.29, 1.82) is 0 Å². The van der Waals surface area contributed by atoms with Crippen LogP contribution >= 0.6 is 0 Å². The van der Waals surface area contributed by atoms with Crippen LogP contribution in [-0.4, -0.2) is 24.8 Å². The Labute approximate surface area is 98.8 Å². The lowest BCUT2D eigenvalue weighted by Gasteiger charge is -2.18. The highest BCUT2D eigenvalue weighted by Gasteiger charge is 2.48. The number of amides is 1. The summed E-state index contributed by atoms with van der Waals surface area (Å²) >= 11 is 0. The number of nitrogens with one attached hydrogen (secondary N) is 1. The van der Waals surface area contributed by atoms with Crippen LogP contribution in [0.3, 0.4) is 0 Å². The maximum absolute atomic E-state index is 12.6. The average molecular weight is 257 g/mol. The smallest absolute Gasteiger partial charge is 0.350 e. The summed E-state index contributed by atoms with van der Waals surface area (Å²) in [4.78, 5) is 10.9. The van der Waals surface area contributed by atoms with Gasteiger partial charge in [-0.25, -0.2) is 8.78 Å². The Morgan fingerprint density at radius 2 is 1.88 bits per heavy atom. The standard InChI is InChI=1S/C11H19F4NO/c1-3-5-6-8(4-2)7-16-10(17)11(14,15)9(12)13/h8-9H,3-7H2,1-2H3,(H,16,17). The van der Waals surface area contributed by atoms with Gasteiger partial charge in [0.1, 0.15) is 0 Å². The molecule has 102 valence electrons. The first-order valence-electron chi connectivity index (χ1n) is 5.80. The van der Waals surface area contributed by atoms with Gasteiger partial charge in [0.25, 0.3) is 5.91 Å². The van der Waals surface area contributed by atoms with E-state index in [0.717, 1.165) is 25.7 Å². The van der Waals surface area contributed by atoms with Gasteiger partial charge in [-0.05, 0) is 12.3 Å². The third kappa shape index (κ3) is 5.37. The van der Waals surface area contributed by atoms with E-state index in [1.165, 1.54) is 0 Å². The summed E-state index contributed by atoms with van der Waals surface area (Å²) in [5.41, 5.74) is 0. The highest BCUT2D eigenvalue weighted by molar-refractivity contribution is 5.83. The zero-order chi connectivity index (χ0) is 13.5. The van der Waals surface area contributed by atoms with Gasteiger partial charge in [-0.3, -0.25) is 4.79 Å². The van der Waals surface area contributed by atoms with Crippen LogP contribution in [0, 0.1) is 5.92 Å². The first kappa shape index (κ1) is 16.2. The van der Waals surface area contributed by atoms with Gasteiger partial charge in [-0.1, -0.05) is 33.1 Å². The molecule has 2 nitrogen and oxygen atoms in total. The SMILES string of the molecule is CCCCC(CC)CNC(=O)C(F)(F)C(F)F. The van der Waals surface area contributed by atoms with Crippen LogP contribution in [0.1, 0.15) is 39.5 Å². The van der Waals surface area contributed by atoms with Crippen LogP contribution in [0.5, 0.6) is 0 Å². The molecule has 1 amide bonds. The van der Waals surface area contributed by atoms with Crippen LogP contribution in [0.15, 0.2) is 0 Å². The molecule has 0 saturated heterocycles. The molecule has 0 spiro atoms. The Morgan fingerprint density at radius 3 is 2.29 bits per heavy atom. The fourth-order valence-corrected chi connectivity index (χ4v) is 1.40. The third-order valence-electron chi connectivity index (χ3n) is 2.67. The Morgan fingerprint density at radius 1 is 1.29 bits per heavy atom. The molecule has 0 aromatic heterocycles. The molecule has 0 aliphatic rings. The number of rotatable bonds is 8. The van der Waals surface area contributed by atoms with Gasteiger partial charge in [0.15, 0.2) is 0 Å². The summed E-state index contributed by atoms with van der Waals surface area (Å²) in [6, 6.07) is 0. The molecule has 0 saturated carbocycles. The molecule has 0 aliphatic heterocycles. The molecule has 0 radical (unpaired) electrons. The Hall–Kier alpha value is -0.810. The van der Waals surface area contributed by atoms with Crippen molar-refractivity contribution in [2.75, 3.05) is 6.54 Å². The molecule has 0 heterocycles. The van der Waals surface area contributed by atoms with Gasteiger partial charge in [-0.2, -0.15) is 8.78 Å². The molecule has 0 aromatic carbocycles. The largest absolute Gasteiger partial charge is 0.383 e. The Kier molecular flexibility index (Phi) is 7.15. The lowest BCUT2D eigenvalue weighted by molar-refractivity contribution is -0.169. The molecule has 0 aromatic rings. The van der Waals surface area contributed by atoms with Gasteiger partial charge >= 0.3 is 12.3 Å². The summed E-state index contributed by atoms with van der Waals surface area (Å²) in [5, 5.41) is 1.90. The first-order chi connectivity index (χ1) is 7.86. The van der Waals surface area contributed by atoms with Crippen molar-refractivity contribution in [2.45, 2.75) is 51.9 Å². The predicted octanol–water partition coefficient (Wildman–Crippen LogP) is 3.22.